The number of hydrogen-bond donors (Lipinski definition) is 1. The van der Waals surface area contributed by atoms with Crippen LogP contribution in [0.1, 0.15) is 59.9 Å². The molecule has 1 N–H and O–H groups in total. The van der Waals surface area contributed by atoms with Gasteiger partial charge in [0.2, 0.25) is 11.8 Å². The molecule has 180 valence electrons. The van der Waals surface area contributed by atoms with Gasteiger partial charge in [-0.05, 0) is 45.4 Å². The number of carbonyl (C=O) groups excluding carboxylic acids is 5. The fourth-order valence-electron chi connectivity index (χ4n) is 3.44. The predicted octanol–water partition coefficient (Wildman–Crippen LogP) is 1.32. The summed E-state index contributed by atoms with van der Waals surface area (Å²) in [7, 11) is 1.62. The Hall–Kier alpha value is -3.71. The van der Waals surface area contributed by atoms with Crippen molar-refractivity contribution >= 4 is 29.7 Å². The number of likely N-dealkylation sites (N-methyl/N-ethyl adjacent to an activating group) is 1. The van der Waals surface area contributed by atoms with Crippen molar-refractivity contribution in [2.75, 3.05) is 26.8 Å². The van der Waals surface area contributed by atoms with Gasteiger partial charge in [-0.1, -0.05) is 11.8 Å². The van der Waals surface area contributed by atoms with Crippen LogP contribution in [0.25, 0.3) is 0 Å². The van der Waals surface area contributed by atoms with Crippen LogP contribution in [0.5, 0.6) is 0 Å². The predicted molar refractivity (Wildman–Crippen MR) is 120 cm³/mol. The highest BCUT2D eigenvalue weighted by Crippen LogP contribution is 2.28. The summed E-state index contributed by atoms with van der Waals surface area (Å²) in [4.78, 5) is 63.2. The normalized spacial score (nSPS) is 17.6. The van der Waals surface area contributed by atoms with Crippen LogP contribution in [0.3, 0.4) is 0 Å². The topological polar surface area (TPSA) is 122 Å². The minimum Gasteiger partial charge on any atom is -0.444 e. The van der Waals surface area contributed by atoms with E-state index in [4.69, 9.17) is 9.47 Å². The molecule has 1 saturated heterocycles. The molecule has 2 aliphatic rings. The third kappa shape index (κ3) is 5.80. The molecule has 2 aliphatic heterocycles. The second-order valence-electron chi connectivity index (χ2n) is 8.96. The van der Waals surface area contributed by atoms with Crippen LogP contribution >= 0.6 is 0 Å². The lowest BCUT2D eigenvalue weighted by Crippen LogP contribution is -2.54. The van der Waals surface area contributed by atoms with Crippen LogP contribution in [0.15, 0.2) is 18.2 Å². The molecule has 5 amide bonds. The van der Waals surface area contributed by atoms with Crippen LogP contribution in [-0.4, -0.2) is 78.0 Å². The van der Waals surface area contributed by atoms with Crippen molar-refractivity contribution in [1.29, 1.82) is 0 Å². The summed E-state index contributed by atoms with van der Waals surface area (Å²) in [6.45, 7) is 6.08. The molecule has 1 atom stereocenters. The smallest absolute Gasteiger partial charge is 0.410 e. The second kappa shape index (κ2) is 10.1. The number of fused-ring (bicyclic) bond motifs is 1. The monoisotopic (exact) mass is 469 g/mol. The van der Waals surface area contributed by atoms with E-state index < -0.39 is 41.4 Å². The fraction of sp³-hybridized carbons (Fsp3) is 0.458. The average Bonchev–Trinajstić information content (AvgIpc) is 2.99. The number of carbonyl (C=O) groups is 5. The van der Waals surface area contributed by atoms with Gasteiger partial charge in [-0.3, -0.25) is 29.4 Å². The molecule has 0 aromatic heterocycles. The zero-order valence-electron chi connectivity index (χ0n) is 19.6. The Balaban J connectivity index is 1.54. The Morgan fingerprint density at radius 1 is 1.18 bits per heavy atom. The first-order valence-corrected chi connectivity index (χ1v) is 10.8. The Morgan fingerprint density at radius 2 is 1.88 bits per heavy atom. The molecule has 0 aliphatic carbocycles. The number of benzene rings is 1. The van der Waals surface area contributed by atoms with Crippen LogP contribution in [0.4, 0.5) is 4.79 Å². The van der Waals surface area contributed by atoms with E-state index in [9.17, 15) is 24.0 Å². The maximum absolute atomic E-state index is 12.8. The van der Waals surface area contributed by atoms with Crippen molar-refractivity contribution in [3.05, 3.63) is 34.9 Å². The molecular formula is C24H27N3O7. The molecule has 0 saturated carbocycles. The van der Waals surface area contributed by atoms with Crippen molar-refractivity contribution in [3.63, 3.8) is 0 Å². The van der Waals surface area contributed by atoms with Gasteiger partial charge in [-0.15, -0.1) is 0 Å². The van der Waals surface area contributed by atoms with Crippen LogP contribution in [0, 0.1) is 11.8 Å². The Labute approximate surface area is 197 Å². The SMILES string of the molecule is CN(CCOCC#Cc1ccc2c(c1)C(=O)N(C1CCC(=O)NC1=O)C2=O)C(=O)OC(C)(C)C. The van der Waals surface area contributed by atoms with Gasteiger partial charge >= 0.3 is 6.09 Å². The number of imide groups is 2. The zero-order chi connectivity index (χ0) is 25.0. The molecule has 0 bridgehead atoms. The third-order valence-electron chi connectivity index (χ3n) is 5.12. The number of rotatable bonds is 5. The lowest BCUT2D eigenvalue weighted by atomic mass is 10.0. The van der Waals surface area contributed by atoms with Gasteiger partial charge in [0.15, 0.2) is 0 Å². The van der Waals surface area contributed by atoms with E-state index in [2.05, 4.69) is 17.2 Å². The standard InChI is InChI=1S/C24H27N3O7/c1-24(2,3)34-23(32)26(4)11-13-33-12-5-6-15-7-8-16-17(14-15)22(31)27(21(16)30)18-9-10-19(28)25-20(18)29/h7-8,14,18H,9-13H2,1-4H3,(H,25,28,29). The Bertz CT molecular complexity index is 1090. The van der Waals surface area contributed by atoms with E-state index in [0.29, 0.717) is 12.1 Å². The van der Waals surface area contributed by atoms with Crippen molar-refractivity contribution < 1.29 is 33.4 Å². The molecule has 1 aromatic rings. The summed E-state index contributed by atoms with van der Waals surface area (Å²) < 4.78 is 10.7. The number of nitrogens with zero attached hydrogens (tertiary/aromatic N) is 2. The van der Waals surface area contributed by atoms with Gasteiger partial charge in [0.05, 0.1) is 17.7 Å². The zero-order valence-corrected chi connectivity index (χ0v) is 19.6. The van der Waals surface area contributed by atoms with Gasteiger partial charge < -0.3 is 14.4 Å². The molecule has 2 heterocycles. The summed E-state index contributed by atoms with van der Waals surface area (Å²) in [5, 5.41) is 2.16. The highest BCUT2D eigenvalue weighted by Gasteiger charge is 2.44. The number of ether oxygens (including phenoxy) is 2. The molecule has 10 nitrogen and oxygen atoms in total. The van der Waals surface area contributed by atoms with Crippen molar-refractivity contribution in [2.45, 2.75) is 45.3 Å². The molecule has 0 radical (unpaired) electrons. The van der Waals surface area contributed by atoms with Crippen LogP contribution in [0.2, 0.25) is 0 Å². The summed E-state index contributed by atoms with van der Waals surface area (Å²) in [5.74, 6) is 3.48. The molecule has 1 aromatic carbocycles. The largest absolute Gasteiger partial charge is 0.444 e. The van der Waals surface area contributed by atoms with Gasteiger partial charge in [0.25, 0.3) is 11.8 Å². The number of piperidine rings is 1. The average molecular weight is 469 g/mol. The Kier molecular flexibility index (Phi) is 7.37. The minimum absolute atomic E-state index is 0.0636. The summed E-state index contributed by atoms with van der Waals surface area (Å²) in [6, 6.07) is 3.61. The summed E-state index contributed by atoms with van der Waals surface area (Å²) in [6.07, 6.45) is -0.275. The van der Waals surface area contributed by atoms with E-state index in [0.717, 1.165) is 4.90 Å². The number of nitrogens with one attached hydrogen (secondary N) is 1. The number of hydrogen-bond acceptors (Lipinski definition) is 7. The summed E-state index contributed by atoms with van der Waals surface area (Å²) >= 11 is 0. The highest BCUT2D eigenvalue weighted by atomic mass is 16.6. The second-order valence-corrected chi connectivity index (χ2v) is 8.96. The van der Waals surface area contributed by atoms with Crippen molar-refractivity contribution in [2.24, 2.45) is 0 Å². The van der Waals surface area contributed by atoms with E-state index in [-0.39, 0.29) is 37.2 Å². The first kappa shape index (κ1) is 24.9. The molecule has 10 heteroatoms. The molecular weight excluding hydrogens is 442 g/mol. The van der Waals surface area contributed by atoms with Crippen LogP contribution < -0.4 is 5.32 Å². The van der Waals surface area contributed by atoms with E-state index in [1.54, 1.807) is 33.9 Å². The maximum atomic E-state index is 12.8. The van der Waals surface area contributed by atoms with E-state index >= 15 is 0 Å². The minimum atomic E-state index is -1.01. The van der Waals surface area contributed by atoms with E-state index in [1.807, 2.05) is 0 Å². The highest BCUT2D eigenvalue weighted by molar-refractivity contribution is 6.23. The quantitative estimate of drug-likeness (QED) is 0.392. The third-order valence-corrected chi connectivity index (χ3v) is 5.12. The van der Waals surface area contributed by atoms with Crippen LogP contribution in [-0.2, 0) is 19.1 Å². The maximum Gasteiger partial charge on any atom is 0.410 e. The lowest BCUT2D eigenvalue weighted by molar-refractivity contribution is -0.136. The van der Waals surface area contributed by atoms with Gasteiger partial charge in [-0.25, -0.2) is 4.79 Å². The van der Waals surface area contributed by atoms with Crippen molar-refractivity contribution in [3.8, 4) is 11.8 Å². The lowest BCUT2D eigenvalue weighted by Gasteiger charge is -2.27. The molecule has 1 unspecified atom stereocenters. The number of amides is 5. The Morgan fingerprint density at radius 3 is 2.56 bits per heavy atom. The molecule has 0 spiro atoms. The van der Waals surface area contributed by atoms with Gasteiger partial charge in [0.1, 0.15) is 18.2 Å². The summed E-state index contributed by atoms with van der Waals surface area (Å²) in [5.41, 5.74) is 0.306. The van der Waals surface area contributed by atoms with Gasteiger partial charge in [-0.2, -0.15) is 0 Å². The first-order chi connectivity index (χ1) is 16.0. The molecule has 1 fully saturated rings. The molecule has 3 rings (SSSR count). The van der Waals surface area contributed by atoms with E-state index in [1.165, 1.54) is 17.0 Å². The van der Waals surface area contributed by atoms with Gasteiger partial charge in [0, 0.05) is 25.6 Å². The molecule has 34 heavy (non-hydrogen) atoms. The fourth-order valence-corrected chi connectivity index (χ4v) is 3.44. The van der Waals surface area contributed by atoms with Crippen molar-refractivity contribution in [1.82, 2.24) is 15.1 Å². The first-order valence-electron chi connectivity index (χ1n) is 10.8.